The Balaban J connectivity index is 1.29. The van der Waals surface area contributed by atoms with E-state index in [1.807, 2.05) is 24.3 Å². The van der Waals surface area contributed by atoms with Crippen LogP contribution in [0.3, 0.4) is 0 Å². The number of hydrogen-bond donors (Lipinski definition) is 0. The van der Waals surface area contributed by atoms with Crippen LogP contribution in [0.15, 0.2) is 28.7 Å². The molecule has 6 heteroatoms. The van der Waals surface area contributed by atoms with E-state index in [-0.39, 0.29) is 6.10 Å². The molecule has 3 heterocycles. The molecule has 0 amide bonds. The van der Waals surface area contributed by atoms with Gasteiger partial charge < -0.3 is 14.1 Å². The molecule has 148 valence electrons. The van der Waals surface area contributed by atoms with Gasteiger partial charge in [0.1, 0.15) is 11.6 Å². The van der Waals surface area contributed by atoms with Gasteiger partial charge in [0.15, 0.2) is 5.58 Å². The second-order valence-electron chi connectivity index (χ2n) is 7.65. The first kappa shape index (κ1) is 18.9. The van der Waals surface area contributed by atoms with E-state index < -0.39 is 0 Å². The second kappa shape index (κ2) is 9.15. The number of ether oxygens (including phenoxy) is 1. The van der Waals surface area contributed by atoms with Crippen LogP contribution < -0.4 is 0 Å². The van der Waals surface area contributed by atoms with E-state index in [2.05, 4.69) is 26.8 Å². The first-order valence-corrected chi connectivity index (χ1v) is 10.5. The maximum Gasteiger partial charge on any atom is 0.226 e. The van der Waals surface area contributed by atoms with E-state index in [4.69, 9.17) is 9.15 Å². The Bertz CT molecular complexity index is 678. The zero-order valence-corrected chi connectivity index (χ0v) is 16.5. The molecular formula is C21H32N4O2. The molecule has 0 saturated carbocycles. The van der Waals surface area contributed by atoms with Crippen LogP contribution in [0.1, 0.15) is 44.6 Å². The first-order valence-electron chi connectivity index (χ1n) is 10.5. The van der Waals surface area contributed by atoms with E-state index in [0.717, 1.165) is 57.0 Å². The largest absolute Gasteiger partial charge is 0.438 e. The average molecular weight is 373 g/mol. The Kier molecular flexibility index (Phi) is 6.39. The summed E-state index contributed by atoms with van der Waals surface area (Å²) >= 11 is 0. The predicted molar refractivity (Wildman–Crippen MR) is 106 cm³/mol. The maximum atomic E-state index is 5.98. The summed E-state index contributed by atoms with van der Waals surface area (Å²) in [5.74, 6) is 0.704. The van der Waals surface area contributed by atoms with Gasteiger partial charge in [0.2, 0.25) is 5.89 Å². The lowest BCUT2D eigenvalue weighted by molar-refractivity contribution is -0.141. The molecule has 0 spiro atoms. The van der Waals surface area contributed by atoms with Crippen LogP contribution in [0.25, 0.3) is 11.1 Å². The molecule has 0 radical (unpaired) electrons. The minimum Gasteiger partial charge on any atom is -0.438 e. The van der Waals surface area contributed by atoms with Gasteiger partial charge in [-0.2, -0.15) is 0 Å². The molecule has 2 fully saturated rings. The number of oxazole rings is 1. The minimum atomic E-state index is -0.0850. The molecule has 2 aliphatic heterocycles. The van der Waals surface area contributed by atoms with Gasteiger partial charge in [-0.05, 0) is 25.1 Å². The second-order valence-corrected chi connectivity index (χ2v) is 7.65. The Morgan fingerprint density at radius 1 is 1.00 bits per heavy atom. The standard InChI is InChI=1S/C21H32N4O2/c1-2-3-4-7-10-23-11-13-24(14-12-23)25-15-16-26-20(17-25)21-22-18-8-5-6-9-19(18)27-21/h5-6,8-9,20H,2-4,7,10-17H2,1H3. The van der Waals surface area contributed by atoms with E-state index in [9.17, 15) is 0 Å². The van der Waals surface area contributed by atoms with Crippen molar-refractivity contribution in [2.45, 2.75) is 38.7 Å². The quantitative estimate of drug-likeness (QED) is 0.695. The zero-order chi connectivity index (χ0) is 18.5. The number of nitrogens with zero attached hydrogens (tertiary/aromatic N) is 4. The monoisotopic (exact) mass is 372 g/mol. The number of rotatable bonds is 7. The predicted octanol–water partition coefficient (Wildman–Crippen LogP) is 3.31. The third-order valence-electron chi connectivity index (χ3n) is 5.71. The van der Waals surface area contributed by atoms with Gasteiger partial charge in [-0.25, -0.2) is 15.0 Å². The van der Waals surface area contributed by atoms with Gasteiger partial charge >= 0.3 is 0 Å². The van der Waals surface area contributed by atoms with Crippen molar-refractivity contribution in [2.75, 3.05) is 52.4 Å². The Hall–Kier alpha value is -1.47. The van der Waals surface area contributed by atoms with Crippen molar-refractivity contribution in [3.63, 3.8) is 0 Å². The molecule has 2 saturated heterocycles. The van der Waals surface area contributed by atoms with Crippen LogP contribution in [0, 0.1) is 0 Å². The highest BCUT2D eigenvalue weighted by Gasteiger charge is 2.30. The van der Waals surface area contributed by atoms with Crippen LogP contribution >= 0.6 is 0 Å². The number of benzene rings is 1. The number of para-hydroxylation sites is 2. The third-order valence-corrected chi connectivity index (χ3v) is 5.71. The SMILES string of the molecule is CCCCCCN1CCN(N2CCOC(c3nc4ccccc4o3)C2)CC1. The number of unbranched alkanes of at least 4 members (excludes halogenated alkanes) is 3. The molecule has 0 aliphatic carbocycles. The lowest BCUT2D eigenvalue weighted by Gasteiger charge is -2.43. The van der Waals surface area contributed by atoms with Crippen LogP contribution in [0.2, 0.25) is 0 Å². The van der Waals surface area contributed by atoms with Gasteiger partial charge in [0, 0.05) is 39.3 Å². The van der Waals surface area contributed by atoms with E-state index >= 15 is 0 Å². The number of hydrazine groups is 1. The van der Waals surface area contributed by atoms with E-state index in [0.29, 0.717) is 5.89 Å². The lowest BCUT2D eigenvalue weighted by atomic mass is 10.2. The minimum absolute atomic E-state index is 0.0850. The maximum absolute atomic E-state index is 5.98. The van der Waals surface area contributed by atoms with Gasteiger partial charge in [0.25, 0.3) is 0 Å². The summed E-state index contributed by atoms with van der Waals surface area (Å²) in [6.07, 6.45) is 5.30. The number of fused-ring (bicyclic) bond motifs is 1. The molecule has 2 aliphatic rings. The van der Waals surface area contributed by atoms with Gasteiger partial charge in [-0.1, -0.05) is 38.3 Å². The zero-order valence-electron chi connectivity index (χ0n) is 16.5. The van der Waals surface area contributed by atoms with Crippen molar-refractivity contribution in [3.8, 4) is 0 Å². The smallest absolute Gasteiger partial charge is 0.226 e. The summed E-state index contributed by atoms with van der Waals surface area (Å²) in [5, 5.41) is 4.94. The molecular weight excluding hydrogens is 340 g/mol. The summed E-state index contributed by atoms with van der Waals surface area (Å²) < 4.78 is 11.9. The van der Waals surface area contributed by atoms with Crippen molar-refractivity contribution in [1.82, 2.24) is 19.9 Å². The van der Waals surface area contributed by atoms with E-state index in [1.165, 1.54) is 32.2 Å². The highest BCUT2D eigenvalue weighted by Crippen LogP contribution is 2.26. The molecule has 0 bridgehead atoms. The number of morpholine rings is 1. The molecule has 6 nitrogen and oxygen atoms in total. The summed E-state index contributed by atoms with van der Waals surface area (Å²) in [6.45, 7) is 10.6. The Morgan fingerprint density at radius 3 is 2.67 bits per heavy atom. The van der Waals surface area contributed by atoms with Crippen LogP contribution in [0.4, 0.5) is 0 Å². The normalized spacial score (nSPS) is 23.2. The van der Waals surface area contributed by atoms with Crippen LogP contribution in [-0.2, 0) is 4.74 Å². The summed E-state index contributed by atoms with van der Waals surface area (Å²) in [6, 6.07) is 7.92. The average Bonchev–Trinajstić information content (AvgIpc) is 3.16. The molecule has 4 rings (SSSR count). The fraction of sp³-hybridized carbons (Fsp3) is 0.667. The van der Waals surface area contributed by atoms with Gasteiger partial charge in [-0.15, -0.1) is 0 Å². The van der Waals surface area contributed by atoms with Crippen molar-refractivity contribution in [3.05, 3.63) is 30.2 Å². The summed E-state index contributed by atoms with van der Waals surface area (Å²) in [5.41, 5.74) is 1.75. The molecule has 2 aromatic rings. The van der Waals surface area contributed by atoms with Crippen molar-refractivity contribution < 1.29 is 9.15 Å². The Labute approximate surface area is 162 Å². The molecule has 1 unspecified atom stereocenters. The van der Waals surface area contributed by atoms with Crippen LogP contribution in [-0.4, -0.2) is 72.3 Å². The van der Waals surface area contributed by atoms with Crippen LogP contribution in [0.5, 0.6) is 0 Å². The first-order chi connectivity index (χ1) is 13.3. The molecule has 1 aromatic carbocycles. The summed E-state index contributed by atoms with van der Waals surface area (Å²) in [4.78, 5) is 7.25. The van der Waals surface area contributed by atoms with Crippen molar-refractivity contribution in [1.29, 1.82) is 0 Å². The summed E-state index contributed by atoms with van der Waals surface area (Å²) in [7, 11) is 0. The molecule has 1 atom stereocenters. The van der Waals surface area contributed by atoms with Crippen molar-refractivity contribution >= 4 is 11.1 Å². The lowest BCUT2D eigenvalue weighted by Crippen LogP contribution is -2.56. The number of hydrogen-bond acceptors (Lipinski definition) is 6. The topological polar surface area (TPSA) is 45.0 Å². The third kappa shape index (κ3) is 4.69. The highest BCUT2D eigenvalue weighted by atomic mass is 16.5. The fourth-order valence-electron chi connectivity index (χ4n) is 4.08. The molecule has 27 heavy (non-hydrogen) atoms. The highest BCUT2D eigenvalue weighted by molar-refractivity contribution is 5.72. The molecule has 0 N–H and O–H groups in total. The fourth-order valence-corrected chi connectivity index (χ4v) is 4.08. The molecule has 1 aromatic heterocycles. The number of piperazine rings is 1. The van der Waals surface area contributed by atoms with Crippen molar-refractivity contribution in [2.24, 2.45) is 0 Å². The van der Waals surface area contributed by atoms with E-state index in [1.54, 1.807) is 0 Å². The van der Waals surface area contributed by atoms with Gasteiger partial charge in [-0.3, -0.25) is 0 Å². The number of aromatic nitrogens is 1. The van der Waals surface area contributed by atoms with Gasteiger partial charge in [0.05, 0.1) is 6.61 Å². The Morgan fingerprint density at radius 2 is 1.85 bits per heavy atom.